The van der Waals surface area contributed by atoms with Crippen molar-refractivity contribution in [3.8, 4) is 0 Å². The average Bonchev–Trinajstić information content (AvgIpc) is 2.05. The van der Waals surface area contributed by atoms with Crippen molar-refractivity contribution in [1.82, 2.24) is 0 Å². The van der Waals surface area contributed by atoms with Gasteiger partial charge in [0.2, 0.25) is 0 Å². The SMILES string of the molecule is [CH]=Cc1ccc(NC)cc1. The standard InChI is InChI=1S/C9H10N/c1-3-8-4-6-9(10-2)7-5-8/h1,3-7,10H,2H3. The molecule has 0 aromatic heterocycles. The summed E-state index contributed by atoms with van der Waals surface area (Å²) in [4.78, 5) is 0. The highest BCUT2D eigenvalue weighted by molar-refractivity contribution is 5.52. The number of anilines is 1. The van der Waals surface area contributed by atoms with Gasteiger partial charge in [-0.05, 0) is 17.7 Å². The Kier molecular flexibility index (Phi) is 2.11. The Labute approximate surface area is 61.4 Å². The molecule has 0 atom stereocenters. The van der Waals surface area contributed by atoms with Crippen LogP contribution in [-0.2, 0) is 0 Å². The van der Waals surface area contributed by atoms with Crippen LogP contribution >= 0.6 is 0 Å². The molecule has 0 spiro atoms. The van der Waals surface area contributed by atoms with Gasteiger partial charge < -0.3 is 5.32 Å². The molecule has 0 heterocycles. The Morgan fingerprint density at radius 2 is 1.90 bits per heavy atom. The van der Waals surface area contributed by atoms with Crippen molar-refractivity contribution in [2.45, 2.75) is 0 Å². The molecule has 0 fully saturated rings. The second-order valence-corrected chi connectivity index (χ2v) is 2.04. The molecule has 0 amide bonds. The van der Waals surface area contributed by atoms with Gasteiger partial charge in [0, 0.05) is 12.7 Å². The highest BCUT2D eigenvalue weighted by Gasteiger charge is 1.85. The number of hydrogen-bond donors (Lipinski definition) is 1. The molecule has 1 nitrogen and oxygen atoms in total. The first-order chi connectivity index (χ1) is 4.86. The number of nitrogens with one attached hydrogen (secondary N) is 1. The molecule has 1 rings (SSSR count). The minimum atomic E-state index is 1.04. The van der Waals surface area contributed by atoms with E-state index < -0.39 is 0 Å². The lowest BCUT2D eigenvalue weighted by Crippen LogP contribution is -1.85. The summed E-state index contributed by atoms with van der Waals surface area (Å²) in [6, 6.07) is 7.90. The predicted octanol–water partition coefficient (Wildman–Crippen LogP) is 2.17. The van der Waals surface area contributed by atoms with Gasteiger partial charge in [-0.15, -0.1) is 0 Å². The van der Waals surface area contributed by atoms with E-state index in [1.807, 2.05) is 31.3 Å². The molecule has 0 saturated carbocycles. The van der Waals surface area contributed by atoms with Crippen LogP contribution in [-0.4, -0.2) is 7.05 Å². The third-order valence-electron chi connectivity index (χ3n) is 1.39. The maximum absolute atomic E-state index is 5.30. The first-order valence-electron chi connectivity index (χ1n) is 3.19. The molecule has 0 saturated heterocycles. The maximum atomic E-state index is 5.30. The number of rotatable bonds is 2. The third kappa shape index (κ3) is 1.38. The molecule has 0 aliphatic heterocycles. The van der Waals surface area contributed by atoms with Crippen molar-refractivity contribution in [3.05, 3.63) is 36.4 Å². The Hall–Kier alpha value is -1.24. The lowest BCUT2D eigenvalue weighted by molar-refractivity contribution is 1.51. The van der Waals surface area contributed by atoms with Crippen molar-refractivity contribution < 1.29 is 0 Å². The zero-order valence-corrected chi connectivity index (χ0v) is 5.96. The fourth-order valence-corrected chi connectivity index (χ4v) is 0.761. The van der Waals surface area contributed by atoms with E-state index in [1.165, 1.54) is 0 Å². The molecule has 0 aliphatic carbocycles. The molecule has 0 aliphatic rings. The predicted molar refractivity (Wildman–Crippen MR) is 44.8 cm³/mol. The summed E-state index contributed by atoms with van der Waals surface area (Å²) in [5.74, 6) is 0. The van der Waals surface area contributed by atoms with Gasteiger partial charge in [-0.3, -0.25) is 0 Å². The molecule has 1 aromatic rings. The molecular formula is C9H10N. The Balaban J connectivity index is 2.90. The van der Waals surface area contributed by atoms with E-state index in [0.717, 1.165) is 11.3 Å². The van der Waals surface area contributed by atoms with Gasteiger partial charge in [0.25, 0.3) is 0 Å². The van der Waals surface area contributed by atoms with Crippen molar-refractivity contribution >= 4 is 11.8 Å². The summed E-state index contributed by atoms with van der Waals surface area (Å²) < 4.78 is 0. The van der Waals surface area contributed by atoms with Crippen LogP contribution in [0.5, 0.6) is 0 Å². The second-order valence-electron chi connectivity index (χ2n) is 2.04. The van der Waals surface area contributed by atoms with E-state index >= 15 is 0 Å². The van der Waals surface area contributed by atoms with Crippen LogP contribution in [0.15, 0.2) is 24.3 Å². The zero-order valence-electron chi connectivity index (χ0n) is 5.96. The van der Waals surface area contributed by atoms with Crippen LogP contribution in [0.1, 0.15) is 5.56 Å². The van der Waals surface area contributed by atoms with Crippen molar-refractivity contribution in [2.75, 3.05) is 12.4 Å². The fourth-order valence-electron chi connectivity index (χ4n) is 0.761. The maximum Gasteiger partial charge on any atom is 0.0337 e. The smallest absolute Gasteiger partial charge is 0.0337 e. The summed E-state index contributed by atoms with van der Waals surface area (Å²) in [6.07, 6.45) is 1.58. The van der Waals surface area contributed by atoms with E-state index in [0.29, 0.717) is 0 Å². The minimum absolute atomic E-state index is 1.04. The average molecular weight is 132 g/mol. The number of benzene rings is 1. The molecule has 1 radical (unpaired) electrons. The fraction of sp³-hybridized carbons (Fsp3) is 0.111. The molecule has 1 N–H and O–H groups in total. The molecule has 1 heteroatoms. The summed E-state index contributed by atoms with van der Waals surface area (Å²) in [6.45, 7) is 5.30. The zero-order chi connectivity index (χ0) is 7.40. The Bertz CT molecular complexity index is 211. The third-order valence-corrected chi connectivity index (χ3v) is 1.39. The van der Waals surface area contributed by atoms with E-state index in [2.05, 4.69) is 5.32 Å². The van der Waals surface area contributed by atoms with Gasteiger partial charge in [0.05, 0.1) is 0 Å². The molecule has 0 unspecified atom stereocenters. The monoisotopic (exact) mass is 132 g/mol. The van der Waals surface area contributed by atoms with Crippen molar-refractivity contribution in [1.29, 1.82) is 0 Å². The van der Waals surface area contributed by atoms with Crippen LogP contribution < -0.4 is 5.32 Å². The summed E-state index contributed by atoms with van der Waals surface area (Å²) in [5.41, 5.74) is 2.14. The lowest BCUT2D eigenvalue weighted by Gasteiger charge is -1.98. The van der Waals surface area contributed by atoms with Crippen LogP contribution in [0.25, 0.3) is 6.08 Å². The quantitative estimate of drug-likeness (QED) is 0.650. The van der Waals surface area contributed by atoms with E-state index in [4.69, 9.17) is 6.58 Å². The summed E-state index contributed by atoms with van der Waals surface area (Å²) in [7, 11) is 1.89. The highest BCUT2D eigenvalue weighted by atomic mass is 14.8. The van der Waals surface area contributed by atoms with Crippen molar-refractivity contribution in [2.24, 2.45) is 0 Å². The van der Waals surface area contributed by atoms with Gasteiger partial charge in [0.1, 0.15) is 0 Å². The second kappa shape index (κ2) is 3.06. The minimum Gasteiger partial charge on any atom is -0.388 e. The molecule has 1 aromatic carbocycles. The summed E-state index contributed by atoms with van der Waals surface area (Å²) in [5, 5.41) is 3.02. The van der Waals surface area contributed by atoms with E-state index in [9.17, 15) is 0 Å². The van der Waals surface area contributed by atoms with Gasteiger partial charge in [-0.25, -0.2) is 0 Å². The largest absolute Gasteiger partial charge is 0.388 e. The Morgan fingerprint density at radius 3 is 2.30 bits per heavy atom. The first kappa shape index (κ1) is 6.87. The van der Waals surface area contributed by atoms with E-state index in [1.54, 1.807) is 6.08 Å². The normalized spacial score (nSPS) is 8.90. The van der Waals surface area contributed by atoms with Gasteiger partial charge in [-0.2, -0.15) is 0 Å². The molecule has 10 heavy (non-hydrogen) atoms. The summed E-state index contributed by atoms with van der Waals surface area (Å²) >= 11 is 0. The highest BCUT2D eigenvalue weighted by Crippen LogP contribution is 2.08. The van der Waals surface area contributed by atoms with Gasteiger partial charge >= 0.3 is 0 Å². The first-order valence-corrected chi connectivity index (χ1v) is 3.19. The molecule has 51 valence electrons. The topological polar surface area (TPSA) is 12.0 Å². The van der Waals surface area contributed by atoms with Crippen LogP contribution in [0.4, 0.5) is 5.69 Å². The van der Waals surface area contributed by atoms with Crippen LogP contribution in [0, 0.1) is 6.58 Å². The van der Waals surface area contributed by atoms with Crippen molar-refractivity contribution in [3.63, 3.8) is 0 Å². The van der Waals surface area contributed by atoms with Crippen LogP contribution in [0.2, 0.25) is 0 Å². The molecule has 0 bridgehead atoms. The lowest BCUT2D eigenvalue weighted by atomic mass is 10.2. The van der Waals surface area contributed by atoms with Gasteiger partial charge in [-0.1, -0.05) is 24.8 Å². The number of hydrogen-bond acceptors (Lipinski definition) is 1. The Morgan fingerprint density at radius 1 is 1.30 bits per heavy atom. The van der Waals surface area contributed by atoms with E-state index in [-0.39, 0.29) is 0 Å². The van der Waals surface area contributed by atoms with Gasteiger partial charge in [0.15, 0.2) is 0 Å². The molecular weight excluding hydrogens is 122 g/mol. The van der Waals surface area contributed by atoms with Crippen LogP contribution in [0.3, 0.4) is 0 Å².